The third-order valence-corrected chi connectivity index (χ3v) is 12.8. The van der Waals surface area contributed by atoms with Gasteiger partial charge in [-0.2, -0.15) is 4.98 Å². The molecule has 56 heavy (non-hydrogen) atoms. The highest BCUT2D eigenvalue weighted by atomic mass is 35.5. The first-order valence-corrected chi connectivity index (χ1v) is 20.3. The quantitative estimate of drug-likeness (QED) is 0.124. The molecule has 294 valence electrons. The zero-order chi connectivity index (χ0) is 38.9. The molecular formula is C43H47Cl2N5O6. The van der Waals surface area contributed by atoms with E-state index >= 15 is 0 Å². The lowest BCUT2D eigenvalue weighted by molar-refractivity contribution is -0.144. The molecule has 2 bridgehead atoms. The molecule has 0 radical (unpaired) electrons. The van der Waals surface area contributed by atoms with E-state index in [1.165, 1.54) is 0 Å². The molecule has 0 spiro atoms. The third kappa shape index (κ3) is 7.79. The monoisotopic (exact) mass is 799 g/mol. The van der Waals surface area contributed by atoms with Gasteiger partial charge < -0.3 is 30.0 Å². The zero-order valence-electron chi connectivity index (χ0n) is 31.7. The number of carbonyl (C=O) groups excluding carboxylic acids is 1. The number of carboxylic acid groups (broad SMARTS) is 1. The van der Waals surface area contributed by atoms with Crippen LogP contribution < -0.4 is 24.8 Å². The fraction of sp³-hybridized carbons (Fsp3) is 0.442. The predicted molar refractivity (Wildman–Crippen MR) is 214 cm³/mol. The Kier molecular flexibility index (Phi) is 11.4. The summed E-state index contributed by atoms with van der Waals surface area (Å²) < 4.78 is 18.0. The second-order valence-corrected chi connectivity index (χ2v) is 16.2. The molecule has 11 nitrogen and oxygen atoms in total. The van der Waals surface area contributed by atoms with E-state index in [4.69, 9.17) is 47.4 Å². The van der Waals surface area contributed by atoms with Crippen molar-refractivity contribution in [3.05, 3.63) is 86.9 Å². The molecule has 2 aromatic heterocycles. The summed E-state index contributed by atoms with van der Waals surface area (Å²) in [5, 5.41) is 17.3. The highest BCUT2D eigenvalue weighted by molar-refractivity contribution is 6.36. The fourth-order valence-electron chi connectivity index (χ4n) is 9.18. The number of aromatic nitrogens is 2. The maximum Gasteiger partial charge on any atom is 0.308 e. The van der Waals surface area contributed by atoms with Crippen molar-refractivity contribution >= 4 is 35.1 Å². The van der Waals surface area contributed by atoms with Crippen molar-refractivity contribution < 1.29 is 28.9 Å². The van der Waals surface area contributed by atoms with Crippen molar-refractivity contribution in [2.24, 2.45) is 11.8 Å². The lowest BCUT2D eigenvalue weighted by Crippen LogP contribution is -2.37. The van der Waals surface area contributed by atoms with Crippen LogP contribution >= 0.6 is 23.2 Å². The second-order valence-electron chi connectivity index (χ2n) is 15.4. The van der Waals surface area contributed by atoms with Crippen LogP contribution in [0.3, 0.4) is 0 Å². The van der Waals surface area contributed by atoms with Crippen molar-refractivity contribution in [2.75, 3.05) is 27.3 Å². The molecule has 3 saturated heterocycles. The van der Waals surface area contributed by atoms with Crippen LogP contribution in [0.1, 0.15) is 73.3 Å². The first kappa shape index (κ1) is 38.5. The van der Waals surface area contributed by atoms with Gasteiger partial charge in [0, 0.05) is 66.9 Å². The molecule has 9 rings (SSSR count). The normalized spacial score (nSPS) is 23.1. The number of amides is 1. The SMILES string of the molecule is COc1nc(-c2cccc(-c3cccc4c3CC[C@@H]4Oc3nc(OC)c(CN4CC(C(=O)O)C5CCC4CC5)cc3Cl)c2Cl)ccc1CNC[C@@H]1CCC(=O)N1. The number of methoxy groups -OCH3 is 2. The lowest BCUT2D eigenvalue weighted by atomic mass is 9.81. The van der Waals surface area contributed by atoms with Gasteiger partial charge in [-0.3, -0.25) is 14.5 Å². The maximum absolute atomic E-state index is 12.1. The van der Waals surface area contributed by atoms with E-state index in [1.807, 2.05) is 42.5 Å². The molecule has 1 saturated carbocycles. The van der Waals surface area contributed by atoms with Gasteiger partial charge >= 0.3 is 5.97 Å². The number of hydrogen-bond donors (Lipinski definition) is 3. The molecule has 5 heterocycles. The molecule has 3 atom stereocenters. The average Bonchev–Trinajstić information content (AvgIpc) is 3.72. The highest BCUT2D eigenvalue weighted by Crippen LogP contribution is 2.45. The molecule has 3 N–H and O–H groups in total. The van der Waals surface area contributed by atoms with Gasteiger partial charge in [-0.05, 0) is 79.7 Å². The van der Waals surface area contributed by atoms with Crippen LogP contribution in [0.25, 0.3) is 22.4 Å². The number of fused-ring (bicyclic) bond motifs is 5. The first-order valence-electron chi connectivity index (χ1n) is 19.5. The number of carbonyl (C=O) groups is 2. The number of carboxylic acids is 1. The number of benzene rings is 2. The van der Waals surface area contributed by atoms with Gasteiger partial charge in [-0.15, -0.1) is 0 Å². The Morgan fingerprint density at radius 2 is 1.64 bits per heavy atom. The molecule has 2 aliphatic carbocycles. The molecule has 2 aromatic carbocycles. The Bertz CT molecular complexity index is 2120. The van der Waals surface area contributed by atoms with Gasteiger partial charge in [-0.1, -0.05) is 65.7 Å². The van der Waals surface area contributed by atoms with E-state index in [9.17, 15) is 14.7 Å². The van der Waals surface area contributed by atoms with Crippen LogP contribution in [0, 0.1) is 11.8 Å². The summed E-state index contributed by atoms with van der Waals surface area (Å²) in [6.45, 7) is 2.26. The Balaban J connectivity index is 0.995. The first-order chi connectivity index (χ1) is 27.2. The Hall–Kier alpha value is -4.42. The number of halogens is 2. The van der Waals surface area contributed by atoms with Crippen molar-refractivity contribution in [3.8, 4) is 40.0 Å². The van der Waals surface area contributed by atoms with Gasteiger partial charge in [-0.25, -0.2) is 4.98 Å². The summed E-state index contributed by atoms with van der Waals surface area (Å²) in [5.74, 6) is 0.497. The Morgan fingerprint density at radius 3 is 2.39 bits per heavy atom. The summed E-state index contributed by atoms with van der Waals surface area (Å²) in [4.78, 5) is 35.6. The number of pyridine rings is 2. The molecule has 4 aromatic rings. The van der Waals surface area contributed by atoms with E-state index in [0.717, 1.165) is 83.9 Å². The molecule has 1 unspecified atom stereocenters. The third-order valence-electron chi connectivity index (χ3n) is 12.1. The van der Waals surface area contributed by atoms with Gasteiger partial charge in [0.25, 0.3) is 0 Å². The summed E-state index contributed by atoms with van der Waals surface area (Å²) in [7, 11) is 3.20. The van der Waals surface area contributed by atoms with Crippen LogP contribution in [0.5, 0.6) is 17.6 Å². The summed E-state index contributed by atoms with van der Waals surface area (Å²) in [6, 6.07) is 18.5. The van der Waals surface area contributed by atoms with Crippen LogP contribution in [-0.2, 0) is 29.1 Å². The molecule has 4 fully saturated rings. The predicted octanol–water partition coefficient (Wildman–Crippen LogP) is 7.64. The fourth-order valence-corrected chi connectivity index (χ4v) is 9.73. The van der Waals surface area contributed by atoms with Gasteiger partial charge in [0.15, 0.2) is 0 Å². The smallest absolute Gasteiger partial charge is 0.308 e. The second kappa shape index (κ2) is 16.6. The lowest BCUT2D eigenvalue weighted by Gasteiger charge is -2.31. The number of nitrogens with one attached hydrogen (secondary N) is 2. The topological polar surface area (TPSA) is 135 Å². The van der Waals surface area contributed by atoms with E-state index < -0.39 is 5.97 Å². The molecule has 1 amide bonds. The van der Waals surface area contributed by atoms with E-state index in [0.29, 0.717) is 72.0 Å². The maximum atomic E-state index is 12.1. The minimum atomic E-state index is -0.717. The highest BCUT2D eigenvalue weighted by Gasteiger charge is 2.40. The standard InChI is InChI=1S/C43H47Cl2N5O6/c1-54-40-25(20-46-21-27-12-18-38(51)47-27)11-16-36(48-40)33-8-4-7-32(39(33)45)29-5-3-6-31-30(29)15-17-37(31)56-42-35(44)19-26(41(49-42)55-2)22-50-23-34(43(52)53)24-9-13-28(50)14-10-24/h3-8,11,16,19,24,27-28,34,37,46H,9-10,12-15,17-18,20-23H2,1-2H3,(H,47,51)(H,52,53)/t24?,27-,28?,34?,37-/m0/s1. The number of rotatable bonds is 13. The van der Waals surface area contributed by atoms with Crippen LogP contribution in [0.4, 0.5) is 0 Å². The van der Waals surface area contributed by atoms with E-state index in [1.54, 1.807) is 14.2 Å². The van der Waals surface area contributed by atoms with E-state index in [-0.39, 0.29) is 29.9 Å². The minimum absolute atomic E-state index is 0.101. The Morgan fingerprint density at radius 1 is 0.893 bits per heavy atom. The number of aliphatic carboxylic acids is 1. The van der Waals surface area contributed by atoms with Gasteiger partial charge in [0.2, 0.25) is 23.5 Å². The van der Waals surface area contributed by atoms with Crippen LogP contribution in [0.2, 0.25) is 10.0 Å². The molecular weight excluding hydrogens is 753 g/mol. The number of ether oxygens (including phenoxy) is 3. The van der Waals surface area contributed by atoms with Crippen molar-refractivity contribution in [1.29, 1.82) is 0 Å². The summed E-state index contributed by atoms with van der Waals surface area (Å²) in [5.41, 5.74) is 7.39. The minimum Gasteiger partial charge on any atom is -0.481 e. The largest absolute Gasteiger partial charge is 0.481 e. The van der Waals surface area contributed by atoms with Gasteiger partial charge in [0.05, 0.1) is 30.9 Å². The van der Waals surface area contributed by atoms with Crippen molar-refractivity contribution in [2.45, 2.75) is 82.6 Å². The summed E-state index contributed by atoms with van der Waals surface area (Å²) >= 11 is 14.1. The molecule has 5 aliphatic rings. The molecule has 3 aliphatic heterocycles. The van der Waals surface area contributed by atoms with Gasteiger partial charge in [0.1, 0.15) is 11.1 Å². The number of hydrogen-bond acceptors (Lipinski definition) is 9. The van der Waals surface area contributed by atoms with Crippen LogP contribution in [-0.4, -0.2) is 71.2 Å². The van der Waals surface area contributed by atoms with Crippen molar-refractivity contribution in [3.63, 3.8) is 0 Å². The average molecular weight is 801 g/mol. The summed E-state index contributed by atoms with van der Waals surface area (Å²) in [6.07, 6.45) is 6.55. The van der Waals surface area contributed by atoms with Crippen LogP contribution in [0.15, 0.2) is 54.6 Å². The van der Waals surface area contributed by atoms with Crippen molar-refractivity contribution in [1.82, 2.24) is 25.5 Å². The molecule has 13 heteroatoms. The number of nitrogens with zero attached hydrogens (tertiary/aromatic N) is 3. The van der Waals surface area contributed by atoms with E-state index in [2.05, 4.69) is 27.7 Å². The Labute approximate surface area is 337 Å². The zero-order valence-corrected chi connectivity index (χ0v) is 33.2.